The molecule has 16 heavy (non-hydrogen) atoms. The quantitative estimate of drug-likeness (QED) is 0.844. The highest BCUT2D eigenvalue weighted by molar-refractivity contribution is 7.92. The van der Waals surface area contributed by atoms with Crippen molar-refractivity contribution in [1.29, 1.82) is 0 Å². The Morgan fingerprint density at radius 2 is 2.06 bits per heavy atom. The van der Waals surface area contributed by atoms with Crippen molar-refractivity contribution < 1.29 is 8.42 Å². The summed E-state index contributed by atoms with van der Waals surface area (Å²) < 4.78 is 24.6. The van der Waals surface area contributed by atoms with E-state index in [0.717, 1.165) is 17.4 Å². The highest BCUT2D eigenvalue weighted by atomic mass is 32.2. The van der Waals surface area contributed by atoms with Gasteiger partial charge in [-0.2, -0.15) is 0 Å². The summed E-state index contributed by atoms with van der Waals surface area (Å²) in [6.45, 7) is 3.69. The molecule has 1 aromatic rings. The molecule has 0 amide bonds. The van der Waals surface area contributed by atoms with E-state index in [1.54, 1.807) is 18.2 Å². The van der Waals surface area contributed by atoms with Gasteiger partial charge in [0.05, 0.1) is 11.9 Å². The fraction of sp³-hybridized carbons (Fsp3) is 0.273. The average Bonchev–Trinajstić information content (AvgIpc) is 2.18. The van der Waals surface area contributed by atoms with E-state index in [9.17, 15) is 8.42 Å². The monoisotopic (exact) mass is 240 g/mol. The third-order valence-corrected chi connectivity index (χ3v) is 2.76. The van der Waals surface area contributed by atoms with E-state index in [1.165, 1.54) is 0 Å². The first-order valence-corrected chi connectivity index (χ1v) is 6.73. The van der Waals surface area contributed by atoms with Crippen LogP contribution in [-0.2, 0) is 10.0 Å². The fourth-order valence-electron chi connectivity index (χ4n) is 1.32. The van der Waals surface area contributed by atoms with Crippen LogP contribution in [0, 0.1) is 6.92 Å². The Labute approximate surface area is 96.2 Å². The maximum absolute atomic E-state index is 11.1. The smallest absolute Gasteiger partial charge is 0.229 e. The highest BCUT2D eigenvalue weighted by Gasteiger charge is 2.06. The molecule has 0 saturated carbocycles. The summed E-state index contributed by atoms with van der Waals surface area (Å²) in [5.41, 5.74) is 8.75. The maximum atomic E-state index is 11.1. The molecule has 0 atom stereocenters. The van der Waals surface area contributed by atoms with Gasteiger partial charge >= 0.3 is 0 Å². The van der Waals surface area contributed by atoms with E-state index >= 15 is 0 Å². The van der Waals surface area contributed by atoms with E-state index in [-0.39, 0.29) is 0 Å². The van der Waals surface area contributed by atoms with E-state index in [2.05, 4.69) is 4.72 Å². The summed E-state index contributed by atoms with van der Waals surface area (Å²) in [5.74, 6) is 0. The van der Waals surface area contributed by atoms with Crippen LogP contribution in [0.4, 0.5) is 5.69 Å². The lowest BCUT2D eigenvalue weighted by molar-refractivity contribution is 0.607. The predicted octanol–water partition coefficient (Wildman–Crippen LogP) is 1.69. The zero-order valence-corrected chi connectivity index (χ0v) is 10.4. The zero-order chi connectivity index (χ0) is 12.3. The summed E-state index contributed by atoms with van der Waals surface area (Å²) in [4.78, 5) is 0. The summed E-state index contributed by atoms with van der Waals surface area (Å²) in [5, 5.41) is 0. The van der Waals surface area contributed by atoms with Crippen LogP contribution in [0.3, 0.4) is 0 Å². The Balaban J connectivity index is 3.10. The molecule has 0 aliphatic rings. The van der Waals surface area contributed by atoms with Gasteiger partial charge in [0.15, 0.2) is 0 Å². The van der Waals surface area contributed by atoms with Crippen LogP contribution in [0.5, 0.6) is 0 Å². The van der Waals surface area contributed by atoms with Gasteiger partial charge in [-0.05, 0) is 37.1 Å². The first kappa shape index (κ1) is 12.6. The summed E-state index contributed by atoms with van der Waals surface area (Å²) in [6, 6.07) is 5.35. The SMILES string of the molecule is C/C=C(\N)c1ccc(NS(C)(=O)=O)c(C)c1. The predicted molar refractivity (Wildman–Crippen MR) is 67.5 cm³/mol. The Bertz CT molecular complexity index is 519. The number of anilines is 1. The Kier molecular flexibility index (Phi) is 3.59. The fourth-order valence-corrected chi connectivity index (χ4v) is 1.95. The lowest BCUT2D eigenvalue weighted by atomic mass is 10.1. The lowest BCUT2D eigenvalue weighted by Gasteiger charge is -2.09. The van der Waals surface area contributed by atoms with Crippen molar-refractivity contribution in [2.24, 2.45) is 5.73 Å². The van der Waals surface area contributed by atoms with Crippen LogP contribution in [0.1, 0.15) is 18.1 Å². The van der Waals surface area contributed by atoms with Gasteiger partial charge in [0, 0.05) is 5.70 Å². The van der Waals surface area contributed by atoms with Gasteiger partial charge in [-0.3, -0.25) is 4.72 Å². The largest absolute Gasteiger partial charge is 0.399 e. The number of benzene rings is 1. The van der Waals surface area contributed by atoms with Crippen molar-refractivity contribution in [3.8, 4) is 0 Å². The second-order valence-corrected chi connectivity index (χ2v) is 5.40. The molecule has 88 valence electrons. The van der Waals surface area contributed by atoms with Crippen LogP contribution >= 0.6 is 0 Å². The first-order chi connectivity index (χ1) is 7.33. The molecule has 0 aliphatic carbocycles. The maximum Gasteiger partial charge on any atom is 0.229 e. The Hall–Kier alpha value is -1.49. The number of nitrogens with one attached hydrogen (secondary N) is 1. The first-order valence-electron chi connectivity index (χ1n) is 4.84. The molecule has 0 bridgehead atoms. The van der Waals surface area contributed by atoms with Gasteiger partial charge in [-0.1, -0.05) is 12.1 Å². The second kappa shape index (κ2) is 4.57. The van der Waals surface area contributed by atoms with Crippen molar-refractivity contribution in [1.82, 2.24) is 0 Å². The average molecular weight is 240 g/mol. The molecule has 0 fully saturated rings. The minimum Gasteiger partial charge on any atom is -0.399 e. The third-order valence-electron chi connectivity index (χ3n) is 2.17. The van der Waals surface area contributed by atoms with Crippen LogP contribution < -0.4 is 10.5 Å². The van der Waals surface area contributed by atoms with E-state index in [1.807, 2.05) is 19.9 Å². The number of nitrogens with two attached hydrogens (primary N) is 1. The summed E-state index contributed by atoms with van der Waals surface area (Å²) in [7, 11) is -3.23. The van der Waals surface area contributed by atoms with Gasteiger partial charge in [0.1, 0.15) is 0 Å². The molecule has 3 N–H and O–H groups in total. The van der Waals surface area contributed by atoms with Crippen LogP contribution in [-0.4, -0.2) is 14.7 Å². The second-order valence-electron chi connectivity index (χ2n) is 3.65. The summed E-state index contributed by atoms with van der Waals surface area (Å²) in [6.07, 6.45) is 2.93. The molecule has 0 aromatic heterocycles. The van der Waals surface area contributed by atoms with Crippen LogP contribution in [0.15, 0.2) is 24.3 Å². The zero-order valence-electron chi connectivity index (χ0n) is 9.61. The molecule has 1 rings (SSSR count). The topological polar surface area (TPSA) is 72.2 Å². The molecule has 0 unspecified atom stereocenters. The van der Waals surface area contributed by atoms with Crippen molar-refractivity contribution in [2.75, 3.05) is 11.0 Å². The Morgan fingerprint density at radius 1 is 1.44 bits per heavy atom. The van der Waals surface area contributed by atoms with Crippen molar-refractivity contribution in [2.45, 2.75) is 13.8 Å². The third kappa shape index (κ3) is 3.27. The molecule has 0 heterocycles. The number of rotatable bonds is 3. The number of allylic oxidation sites excluding steroid dienone is 1. The van der Waals surface area contributed by atoms with Crippen LogP contribution in [0.25, 0.3) is 5.70 Å². The molecule has 0 aliphatic heterocycles. The number of aryl methyl sites for hydroxylation is 1. The van der Waals surface area contributed by atoms with Gasteiger partial charge < -0.3 is 5.73 Å². The van der Waals surface area contributed by atoms with E-state index < -0.39 is 10.0 Å². The molecule has 1 aromatic carbocycles. The molecule has 4 nitrogen and oxygen atoms in total. The minimum absolute atomic E-state index is 0.579. The van der Waals surface area contributed by atoms with Crippen molar-refractivity contribution in [3.63, 3.8) is 0 Å². The molecular weight excluding hydrogens is 224 g/mol. The highest BCUT2D eigenvalue weighted by Crippen LogP contribution is 2.20. The molecule has 0 radical (unpaired) electrons. The van der Waals surface area contributed by atoms with E-state index in [0.29, 0.717) is 11.4 Å². The number of sulfonamides is 1. The molecule has 5 heteroatoms. The summed E-state index contributed by atoms with van der Waals surface area (Å²) >= 11 is 0. The van der Waals surface area contributed by atoms with Crippen LogP contribution in [0.2, 0.25) is 0 Å². The molecule has 0 spiro atoms. The van der Waals surface area contributed by atoms with Gasteiger partial charge in [-0.15, -0.1) is 0 Å². The van der Waals surface area contributed by atoms with E-state index in [4.69, 9.17) is 5.73 Å². The van der Waals surface area contributed by atoms with Gasteiger partial charge in [0.2, 0.25) is 10.0 Å². The number of hydrogen-bond acceptors (Lipinski definition) is 3. The normalized spacial score (nSPS) is 12.6. The minimum atomic E-state index is -3.23. The van der Waals surface area contributed by atoms with Gasteiger partial charge in [-0.25, -0.2) is 8.42 Å². The van der Waals surface area contributed by atoms with Gasteiger partial charge in [0.25, 0.3) is 0 Å². The lowest BCUT2D eigenvalue weighted by Crippen LogP contribution is -2.10. The van der Waals surface area contributed by atoms with Crippen molar-refractivity contribution >= 4 is 21.4 Å². The molecule has 0 saturated heterocycles. The van der Waals surface area contributed by atoms with Crippen molar-refractivity contribution in [3.05, 3.63) is 35.4 Å². The number of hydrogen-bond donors (Lipinski definition) is 2. The standard InChI is InChI=1S/C11H16N2O2S/c1-4-10(12)9-5-6-11(8(2)7-9)13-16(3,14)15/h4-7,13H,12H2,1-3H3/b10-4-. The molecular formula is C11H16N2O2S. The Morgan fingerprint density at radius 3 is 2.50 bits per heavy atom.